The Morgan fingerprint density at radius 2 is 2.21 bits per heavy atom. The Labute approximate surface area is 83.1 Å². The van der Waals surface area contributed by atoms with Crippen LogP contribution >= 0.6 is 0 Å². The van der Waals surface area contributed by atoms with E-state index in [-0.39, 0.29) is 6.42 Å². The Hall–Kier alpha value is -1.79. The maximum atomic E-state index is 10.4. The molecule has 0 saturated carbocycles. The standard InChI is InChI=1S/C11H12N2O/c12-8-10-5-1-3-9(7-10)4-2-6-11(13)14/h1,3,5,7H,6,8,12H2,(H2,13,14). The summed E-state index contributed by atoms with van der Waals surface area (Å²) in [5.41, 5.74) is 12.3. The molecule has 0 aliphatic heterocycles. The van der Waals surface area contributed by atoms with Crippen LogP contribution < -0.4 is 11.5 Å². The number of carbonyl (C=O) groups excluding carboxylic acids is 1. The molecule has 0 aliphatic rings. The number of hydrogen-bond acceptors (Lipinski definition) is 2. The summed E-state index contributed by atoms with van der Waals surface area (Å²) in [4.78, 5) is 10.4. The molecule has 3 heteroatoms. The van der Waals surface area contributed by atoms with Crippen molar-refractivity contribution >= 4 is 5.91 Å². The Morgan fingerprint density at radius 3 is 2.86 bits per heavy atom. The van der Waals surface area contributed by atoms with E-state index in [2.05, 4.69) is 11.8 Å². The first-order chi connectivity index (χ1) is 6.72. The van der Waals surface area contributed by atoms with Crippen LogP contribution in [0.5, 0.6) is 0 Å². The topological polar surface area (TPSA) is 69.1 Å². The van der Waals surface area contributed by atoms with E-state index in [1.165, 1.54) is 0 Å². The summed E-state index contributed by atoms with van der Waals surface area (Å²) >= 11 is 0. The highest BCUT2D eigenvalue weighted by atomic mass is 16.1. The van der Waals surface area contributed by atoms with Gasteiger partial charge >= 0.3 is 0 Å². The summed E-state index contributed by atoms with van der Waals surface area (Å²) in [7, 11) is 0. The smallest absolute Gasteiger partial charge is 0.229 e. The van der Waals surface area contributed by atoms with Crippen molar-refractivity contribution < 1.29 is 4.79 Å². The summed E-state index contributed by atoms with van der Waals surface area (Å²) in [6.07, 6.45) is 0.0901. The maximum absolute atomic E-state index is 10.4. The summed E-state index contributed by atoms with van der Waals surface area (Å²) < 4.78 is 0. The molecule has 1 aromatic rings. The van der Waals surface area contributed by atoms with E-state index in [1.54, 1.807) is 0 Å². The largest absolute Gasteiger partial charge is 0.369 e. The van der Waals surface area contributed by atoms with Crippen LogP contribution in [-0.2, 0) is 11.3 Å². The molecule has 0 spiro atoms. The van der Waals surface area contributed by atoms with Gasteiger partial charge in [-0.1, -0.05) is 24.0 Å². The van der Waals surface area contributed by atoms with Gasteiger partial charge in [0.15, 0.2) is 0 Å². The van der Waals surface area contributed by atoms with Gasteiger partial charge in [0.25, 0.3) is 0 Å². The molecule has 0 bridgehead atoms. The van der Waals surface area contributed by atoms with E-state index in [1.807, 2.05) is 24.3 Å². The van der Waals surface area contributed by atoms with Gasteiger partial charge < -0.3 is 11.5 Å². The predicted octanol–water partition coefficient (Wildman–Crippen LogP) is 0.372. The van der Waals surface area contributed by atoms with Gasteiger partial charge in [0.2, 0.25) is 5.91 Å². The molecule has 0 atom stereocenters. The fourth-order valence-electron chi connectivity index (χ4n) is 1.01. The summed E-state index contributed by atoms with van der Waals surface area (Å²) in [6, 6.07) is 7.58. The molecular weight excluding hydrogens is 176 g/mol. The van der Waals surface area contributed by atoms with Crippen LogP contribution in [0.3, 0.4) is 0 Å². The van der Waals surface area contributed by atoms with Gasteiger partial charge in [-0.15, -0.1) is 0 Å². The third-order valence-electron chi connectivity index (χ3n) is 1.66. The number of nitrogens with two attached hydrogens (primary N) is 2. The van der Waals surface area contributed by atoms with Gasteiger partial charge in [-0.3, -0.25) is 4.79 Å². The molecular formula is C11H12N2O. The molecule has 0 fully saturated rings. The van der Waals surface area contributed by atoms with Crippen molar-refractivity contribution in [2.45, 2.75) is 13.0 Å². The number of primary amides is 1. The number of amides is 1. The zero-order valence-electron chi connectivity index (χ0n) is 7.79. The molecule has 0 saturated heterocycles. The van der Waals surface area contributed by atoms with Crippen molar-refractivity contribution in [2.75, 3.05) is 0 Å². The van der Waals surface area contributed by atoms with Crippen molar-refractivity contribution in [3.8, 4) is 11.8 Å². The molecule has 1 aromatic carbocycles. The highest BCUT2D eigenvalue weighted by Gasteiger charge is 1.90. The molecule has 0 aromatic heterocycles. The Morgan fingerprint density at radius 1 is 1.43 bits per heavy atom. The average Bonchev–Trinajstić information content (AvgIpc) is 2.18. The molecule has 0 heterocycles. The van der Waals surface area contributed by atoms with Crippen LogP contribution in [0.2, 0.25) is 0 Å². The SMILES string of the molecule is NCc1cccc(C#CCC(N)=O)c1. The monoisotopic (exact) mass is 188 g/mol. The molecule has 72 valence electrons. The summed E-state index contributed by atoms with van der Waals surface area (Å²) in [5.74, 6) is 5.12. The number of hydrogen-bond donors (Lipinski definition) is 2. The van der Waals surface area contributed by atoms with E-state index in [0.29, 0.717) is 6.54 Å². The van der Waals surface area contributed by atoms with Crippen molar-refractivity contribution in [1.29, 1.82) is 0 Å². The highest BCUT2D eigenvalue weighted by molar-refractivity contribution is 5.76. The third kappa shape index (κ3) is 3.30. The molecule has 3 nitrogen and oxygen atoms in total. The van der Waals surface area contributed by atoms with E-state index in [4.69, 9.17) is 11.5 Å². The van der Waals surface area contributed by atoms with E-state index in [9.17, 15) is 4.79 Å². The summed E-state index contributed by atoms with van der Waals surface area (Å²) in [6.45, 7) is 0.491. The Balaban J connectivity index is 2.74. The van der Waals surface area contributed by atoms with Crippen LogP contribution in [0.15, 0.2) is 24.3 Å². The second kappa shape index (κ2) is 5.05. The van der Waals surface area contributed by atoms with Crippen molar-refractivity contribution in [2.24, 2.45) is 11.5 Å². The fraction of sp³-hybridized carbons (Fsp3) is 0.182. The average molecular weight is 188 g/mol. The first-order valence-corrected chi connectivity index (χ1v) is 4.28. The second-order valence-corrected chi connectivity index (χ2v) is 2.85. The Bertz CT molecular complexity index is 388. The van der Waals surface area contributed by atoms with Crippen LogP contribution in [0, 0.1) is 11.8 Å². The van der Waals surface area contributed by atoms with E-state index < -0.39 is 5.91 Å². The van der Waals surface area contributed by atoms with Crippen LogP contribution in [0.25, 0.3) is 0 Å². The normalized spacial score (nSPS) is 8.93. The van der Waals surface area contributed by atoms with Crippen LogP contribution in [0.1, 0.15) is 17.5 Å². The van der Waals surface area contributed by atoms with Crippen LogP contribution in [-0.4, -0.2) is 5.91 Å². The minimum atomic E-state index is -0.410. The first-order valence-electron chi connectivity index (χ1n) is 4.28. The lowest BCUT2D eigenvalue weighted by Gasteiger charge is -1.95. The van der Waals surface area contributed by atoms with Crippen molar-refractivity contribution in [1.82, 2.24) is 0 Å². The van der Waals surface area contributed by atoms with E-state index >= 15 is 0 Å². The first kappa shape index (κ1) is 10.3. The van der Waals surface area contributed by atoms with Crippen LogP contribution in [0.4, 0.5) is 0 Å². The van der Waals surface area contributed by atoms with Gasteiger partial charge in [-0.25, -0.2) is 0 Å². The second-order valence-electron chi connectivity index (χ2n) is 2.85. The molecule has 1 amide bonds. The van der Waals surface area contributed by atoms with Gasteiger partial charge in [0, 0.05) is 12.1 Å². The maximum Gasteiger partial charge on any atom is 0.229 e. The van der Waals surface area contributed by atoms with E-state index in [0.717, 1.165) is 11.1 Å². The molecule has 0 unspecified atom stereocenters. The van der Waals surface area contributed by atoms with Crippen molar-refractivity contribution in [3.05, 3.63) is 35.4 Å². The highest BCUT2D eigenvalue weighted by Crippen LogP contribution is 2.02. The lowest BCUT2D eigenvalue weighted by atomic mass is 10.1. The predicted molar refractivity (Wildman–Crippen MR) is 55.0 cm³/mol. The zero-order valence-corrected chi connectivity index (χ0v) is 7.79. The zero-order chi connectivity index (χ0) is 10.4. The molecule has 0 aliphatic carbocycles. The molecule has 4 N–H and O–H groups in total. The lowest BCUT2D eigenvalue weighted by molar-refractivity contribution is -0.117. The minimum absolute atomic E-state index is 0.0901. The lowest BCUT2D eigenvalue weighted by Crippen LogP contribution is -2.08. The van der Waals surface area contributed by atoms with Gasteiger partial charge in [-0.2, -0.15) is 0 Å². The van der Waals surface area contributed by atoms with Gasteiger partial charge in [-0.05, 0) is 17.7 Å². The molecule has 14 heavy (non-hydrogen) atoms. The molecule has 0 radical (unpaired) electrons. The Kier molecular flexibility index (Phi) is 3.71. The quantitative estimate of drug-likeness (QED) is 0.658. The minimum Gasteiger partial charge on any atom is -0.369 e. The number of benzene rings is 1. The molecule has 1 rings (SSSR count). The fourth-order valence-corrected chi connectivity index (χ4v) is 1.01. The third-order valence-corrected chi connectivity index (χ3v) is 1.66. The van der Waals surface area contributed by atoms with Crippen molar-refractivity contribution in [3.63, 3.8) is 0 Å². The number of rotatable bonds is 2. The van der Waals surface area contributed by atoms with Gasteiger partial charge in [0.05, 0.1) is 6.42 Å². The van der Waals surface area contributed by atoms with Gasteiger partial charge in [0.1, 0.15) is 0 Å². The summed E-state index contributed by atoms with van der Waals surface area (Å²) in [5, 5.41) is 0. The number of carbonyl (C=O) groups is 1.